The molecular weight excluding hydrogens is 266 g/mol. The third kappa shape index (κ3) is 3.12. The monoisotopic (exact) mass is 278 g/mol. The number of hydrogen-bond acceptors (Lipinski definition) is 2. The highest BCUT2D eigenvalue weighted by Gasteiger charge is 2.13. The van der Waals surface area contributed by atoms with E-state index in [-0.39, 0.29) is 17.9 Å². The van der Waals surface area contributed by atoms with E-state index in [0.717, 1.165) is 18.2 Å². The van der Waals surface area contributed by atoms with Gasteiger partial charge in [-0.25, -0.2) is 13.6 Å². The molecule has 2 aromatic carbocycles. The first-order chi connectivity index (χ1) is 9.47. The van der Waals surface area contributed by atoms with Crippen molar-refractivity contribution in [3.05, 3.63) is 64.7 Å². The Balaban J connectivity index is 2.25. The average molecular weight is 278 g/mol. The van der Waals surface area contributed by atoms with Crippen molar-refractivity contribution in [2.75, 3.05) is 0 Å². The summed E-state index contributed by atoms with van der Waals surface area (Å²) in [6.45, 7) is 1.59. The Bertz CT molecular complexity index is 633. The Morgan fingerprint density at radius 3 is 2.45 bits per heavy atom. The van der Waals surface area contributed by atoms with Crippen molar-refractivity contribution in [1.29, 1.82) is 0 Å². The van der Waals surface area contributed by atoms with Crippen LogP contribution < -0.4 is 4.74 Å². The average Bonchev–Trinajstić information content (AvgIpc) is 2.35. The Labute approximate surface area is 114 Å². The second-order valence-electron chi connectivity index (χ2n) is 4.32. The van der Waals surface area contributed by atoms with Crippen molar-refractivity contribution in [2.24, 2.45) is 0 Å². The van der Waals surface area contributed by atoms with Crippen molar-refractivity contribution in [1.82, 2.24) is 0 Å². The summed E-state index contributed by atoms with van der Waals surface area (Å²) in [6, 6.07) is 7.77. The normalized spacial score (nSPS) is 10.3. The summed E-state index contributed by atoms with van der Waals surface area (Å²) in [4.78, 5) is 11.1. The van der Waals surface area contributed by atoms with Crippen LogP contribution in [-0.4, -0.2) is 11.1 Å². The van der Waals surface area contributed by atoms with E-state index in [9.17, 15) is 13.6 Å². The molecule has 0 aliphatic rings. The summed E-state index contributed by atoms with van der Waals surface area (Å²) < 4.78 is 31.5. The minimum Gasteiger partial charge on any atom is -0.488 e. The zero-order valence-electron chi connectivity index (χ0n) is 10.7. The number of carbonyl (C=O) groups is 1. The lowest BCUT2D eigenvalue weighted by Gasteiger charge is -2.12. The van der Waals surface area contributed by atoms with E-state index in [2.05, 4.69) is 0 Å². The second kappa shape index (κ2) is 5.69. The van der Waals surface area contributed by atoms with Crippen LogP contribution in [0.15, 0.2) is 36.4 Å². The molecule has 0 bridgehead atoms. The highest BCUT2D eigenvalue weighted by atomic mass is 19.1. The van der Waals surface area contributed by atoms with Crippen LogP contribution in [0.25, 0.3) is 0 Å². The van der Waals surface area contributed by atoms with Crippen LogP contribution in [0.5, 0.6) is 5.75 Å². The van der Waals surface area contributed by atoms with Crippen molar-refractivity contribution in [3.63, 3.8) is 0 Å². The van der Waals surface area contributed by atoms with Gasteiger partial charge in [-0.2, -0.15) is 0 Å². The molecule has 104 valence electrons. The summed E-state index contributed by atoms with van der Waals surface area (Å²) in [5.41, 5.74) is 0.950. The molecule has 1 N–H and O–H groups in total. The highest BCUT2D eigenvalue weighted by molar-refractivity contribution is 5.91. The molecule has 0 saturated carbocycles. The standard InChI is InChI=1S/C15H12F2O3/c1-9-3-2-4-13(15(18)19)14(9)20-8-10-5-11(16)7-12(17)6-10/h2-7H,8H2,1H3,(H,18,19). The van der Waals surface area contributed by atoms with Crippen LogP contribution in [0.2, 0.25) is 0 Å². The summed E-state index contributed by atoms with van der Waals surface area (Å²) in [6.07, 6.45) is 0. The van der Waals surface area contributed by atoms with Crippen LogP contribution in [0.3, 0.4) is 0 Å². The number of para-hydroxylation sites is 1. The molecule has 0 unspecified atom stereocenters. The lowest BCUT2D eigenvalue weighted by molar-refractivity contribution is 0.0691. The minimum absolute atomic E-state index is 0.0156. The van der Waals surface area contributed by atoms with Crippen LogP contribution in [0, 0.1) is 18.6 Å². The van der Waals surface area contributed by atoms with Crippen LogP contribution in [0.4, 0.5) is 8.78 Å². The molecule has 0 saturated heterocycles. The summed E-state index contributed by atoms with van der Waals surface area (Å²) in [5, 5.41) is 9.08. The lowest BCUT2D eigenvalue weighted by Crippen LogP contribution is -2.05. The maximum absolute atomic E-state index is 13.1. The molecular formula is C15H12F2O3. The molecule has 0 atom stereocenters. The smallest absolute Gasteiger partial charge is 0.339 e. The molecule has 0 heterocycles. The van der Waals surface area contributed by atoms with Gasteiger partial charge < -0.3 is 9.84 Å². The Morgan fingerprint density at radius 1 is 1.20 bits per heavy atom. The van der Waals surface area contributed by atoms with Gasteiger partial charge in [0.15, 0.2) is 0 Å². The first-order valence-electron chi connectivity index (χ1n) is 5.88. The number of carboxylic acids is 1. The number of rotatable bonds is 4. The van der Waals surface area contributed by atoms with E-state index >= 15 is 0 Å². The van der Waals surface area contributed by atoms with Gasteiger partial charge in [0.2, 0.25) is 0 Å². The fraction of sp³-hybridized carbons (Fsp3) is 0.133. The van der Waals surface area contributed by atoms with E-state index in [1.807, 2.05) is 0 Å². The Kier molecular flexibility index (Phi) is 3.98. The van der Waals surface area contributed by atoms with Crippen LogP contribution >= 0.6 is 0 Å². The molecule has 2 aromatic rings. The number of benzene rings is 2. The second-order valence-corrected chi connectivity index (χ2v) is 4.32. The minimum atomic E-state index is -1.12. The van der Waals surface area contributed by atoms with Gasteiger partial charge in [0, 0.05) is 6.07 Å². The van der Waals surface area contributed by atoms with E-state index in [4.69, 9.17) is 9.84 Å². The molecule has 2 rings (SSSR count). The Morgan fingerprint density at radius 2 is 1.85 bits per heavy atom. The maximum atomic E-state index is 13.1. The first-order valence-corrected chi connectivity index (χ1v) is 5.88. The largest absolute Gasteiger partial charge is 0.488 e. The quantitative estimate of drug-likeness (QED) is 0.930. The zero-order chi connectivity index (χ0) is 14.7. The van der Waals surface area contributed by atoms with Gasteiger partial charge in [0.05, 0.1) is 0 Å². The number of aryl methyl sites for hydroxylation is 1. The lowest BCUT2D eigenvalue weighted by atomic mass is 10.1. The molecule has 20 heavy (non-hydrogen) atoms. The molecule has 0 amide bonds. The fourth-order valence-corrected chi connectivity index (χ4v) is 1.86. The van der Waals surface area contributed by atoms with Crippen molar-refractivity contribution in [3.8, 4) is 5.75 Å². The van der Waals surface area contributed by atoms with E-state index in [0.29, 0.717) is 11.1 Å². The highest BCUT2D eigenvalue weighted by Crippen LogP contribution is 2.24. The van der Waals surface area contributed by atoms with Gasteiger partial charge in [-0.3, -0.25) is 0 Å². The van der Waals surface area contributed by atoms with E-state index < -0.39 is 17.6 Å². The topological polar surface area (TPSA) is 46.5 Å². The number of ether oxygens (including phenoxy) is 1. The van der Waals surface area contributed by atoms with Gasteiger partial charge in [-0.1, -0.05) is 12.1 Å². The molecule has 0 aromatic heterocycles. The third-order valence-electron chi connectivity index (χ3n) is 2.75. The molecule has 0 radical (unpaired) electrons. The summed E-state index contributed by atoms with van der Waals surface area (Å²) in [5.74, 6) is -2.32. The number of hydrogen-bond donors (Lipinski definition) is 1. The number of aromatic carboxylic acids is 1. The number of halogens is 2. The van der Waals surface area contributed by atoms with Crippen molar-refractivity contribution in [2.45, 2.75) is 13.5 Å². The molecule has 0 aliphatic heterocycles. The maximum Gasteiger partial charge on any atom is 0.339 e. The molecule has 0 fully saturated rings. The van der Waals surface area contributed by atoms with Gasteiger partial charge in [-0.05, 0) is 36.2 Å². The SMILES string of the molecule is Cc1cccc(C(=O)O)c1OCc1cc(F)cc(F)c1. The van der Waals surface area contributed by atoms with Crippen molar-refractivity contribution >= 4 is 5.97 Å². The van der Waals surface area contributed by atoms with Gasteiger partial charge in [0.25, 0.3) is 0 Å². The Hall–Kier alpha value is -2.43. The molecule has 5 heteroatoms. The van der Waals surface area contributed by atoms with Crippen LogP contribution in [0.1, 0.15) is 21.5 Å². The molecule has 3 nitrogen and oxygen atoms in total. The molecule has 0 spiro atoms. The fourth-order valence-electron chi connectivity index (χ4n) is 1.86. The predicted molar refractivity (Wildman–Crippen MR) is 68.8 cm³/mol. The van der Waals surface area contributed by atoms with Crippen LogP contribution in [-0.2, 0) is 6.61 Å². The number of carboxylic acid groups (broad SMARTS) is 1. The third-order valence-corrected chi connectivity index (χ3v) is 2.75. The zero-order valence-corrected chi connectivity index (χ0v) is 10.7. The van der Waals surface area contributed by atoms with E-state index in [1.165, 1.54) is 6.07 Å². The summed E-state index contributed by atoms with van der Waals surface area (Å²) >= 11 is 0. The van der Waals surface area contributed by atoms with Crippen molar-refractivity contribution < 1.29 is 23.4 Å². The van der Waals surface area contributed by atoms with E-state index in [1.54, 1.807) is 19.1 Å². The van der Waals surface area contributed by atoms with Gasteiger partial charge in [0.1, 0.15) is 29.6 Å². The van der Waals surface area contributed by atoms with Gasteiger partial charge >= 0.3 is 5.97 Å². The molecule has 0 aliphatic carbocycles. The van der Waals surface area contributed by atoms with Gasteiger partial charge in [-0.15, -0.1) is 0 Å². The first kappa shape index (κ1) is 14.0. The predicted octanol–water partition coefficient (Wildman–Crippen LogP) is 3.55. The summed E-state index contributed by atoms with van der Waals surface area (Å²) in [7, 11) is 0.